The molecule has 0 saturated heterocycles. The molecule has 1 nitrogen and oxygen atoms in total. The van der Waals surface area contributed by atoms with Crippen molar-refractivity contribution in [1.82, 2.24) is 5.32 Å². The van der Waals surface area contributed by atoms with E-state index < -0.39 is 0 Å². The SMILES string of the molecule is CCCCCC(CCC)CNCCCCCCC(C)C. The molecule has 122 valence electrons. The minimum Gasteiger partial charge on any atom is -0.316 e. The normalized spacial score (nSPS) is 13.1. The minimum absolute atomic E-state index is 0.881. The van der Waals surface area contributed by atoms with Crippen LogP contribution in [0.4, 0.5) is 0 Å². The summed E-state index contributed by atoms with van der Waals surface area (Å²) >= 11 is 0. The Labute approximate surface area is 129 Å². The van der Waals surface area contributed by atoms with Crippen LogP contribution >= 0.6 is 0 Å². The van der Waals surface area contributed by atoms with Gasteiger partial charge in [-0.3, -0.25) is 0 Å². The van der Waals surface area contributed by atoms with Crippen molar-refractivity contribution in [1.29, 1.82) is 0 Å². The average molecular weight is 284 g/mol. The van der Waals surface area contributed by atoms with Crippen molar-refractivity contribution in [2.75, 3.05) is 13.1 Å². The first-order chi connectivity index (χ1) is 9.70. The lowest BCUT2D eigenvalue weighted by Crippen LogP contribution is -2.24. The third kappa shape index (κ3) is 14.4. The minimum atomic E-state index is 0.881. The molecule has 0 heterocycles. The van der Waals surface area contributed by atoms with Crippen molar-refractivity contribution in [3.63, 3.8) is 0 Å². The van der Waals surface area contributed by atoms with Gasteiger partial charge < -0.3 is 5.32 Å². The van der Waals surface area contributed by atoms with Gasteiger partial charge in [-0.1, -0.05) is 79.1 Å². The van der Waals surface area contributed by atoms with E-state index >= 15 is 0 Å². The van der Waals surface area contributed by atoms with Gasteiger partial charge in [0.1, 0.15) is 0 Å². The van der Waals surface area contributed by atoms with Crippen LogP contribution in [0.2, 0.25) is 0 Å². The first-order valence-electron chi connectivity index (χ1n) is 9.41. The molecule has 0 spiro atoms. The molecule has 0 rings (SSSR count). The van der Waals surface area contributed by atoms with Crippen LogP contribution in [0.5, 0.6) is 0 Å². The summed E-state index contributed by atoms with van der Waals surface area (Å²) in [6.45, 7) is 11.8. The zero-order valence-corrected chi connectivity index (χ0v) is 14.8. The van der Waals surface area contributed by atoms with Gasteiger partial charge in [0.2, 0.25) is 0 Å². The quantitative estimate of drug-likeness (QED) is 0.354. The van der Waals surface area contributed by atoms with E-state index in [-0.39, 0.29) is 0 Å². The summed E-state index contributed by atoms with van der Waals surface area (Å²) in [6, 6.07) is 0. The van der Waals surface area contributed by atoms with Crippen molar-refractivity contribution in [3.05, 3.63) is 0 Å². The van der Waals surface area contributed by atoms with Crippen LogP contribution in [0.1, 0.15) is 98.3 Å². The Morgan fingerprint density at radius 1 is 0.700 bits per heavy atom. The van der Waals surface area contributed by atoms with Gasteiger partial charge in [0.15, 0.2) is 0 Å². The Hall–Kier alpha value is -0.0400. The molecule has 0 radical (unpaired) electrons. The summed E-state index contributed by atoms with van der Waals surface area (Å²) < 4.78 is 0. The molecule has 0 aromatic rings. The van der Waals surface area contributed by atoms with Crippen LogP contribution in [0.3, 0.4) is 0 Å². The predicted molar refractivity (Wildman–Crippen MR) is 93.3 cm³/mol. The van der Waals surface area contributed by atoms with E-state index in [2.05, 4.69) is 33.0 Å². The lowest BCUT2D eigenvalue weighted by atomic mass is 9.96. The highest BCUT2D eigenvalue weighted by Crippen LogP contribution is 2.15. The Balaban J connectivity index is 3.39. The largest absolute Gasteiger partial charge is 0.316 e. The fourth-order valence-corrected chi connectivity index (χ4v) is 2.90. The summed E-state index contributed by atoms with van der Waals surface area (Å²) in [7, 11) is 0. The topological polar surface area (TPSA) is 12.0 Å². The summed E-state index contributed by atoms with van der Waals surface area (Å²) in [5.41, 5.74) is 0. The second-order valence-electron chi connectivity index (χ2n) is 6.95. The smallest absolute Gasteiger partial charge is 0.00205 e. The molecule has 0 aromatic heterocycles. The first-order valence-corrected chi connectivity index (χ1v) is 9.41. The molecule has 1 heteroatoms. The van der Waals surface area contributed by atoms with E-state index in [1.807, 2.05) is 0 Å². The fraction of sp³-hybridized carbons (Fsp3) is 1.00. The zero-order chi connectivity index (χ0) is 15.1. The maximum Gasteiger partial charge on any atom is -0.00205 e. The predicted octanol–water partition coefficient (Wildman–Crippen LogP) is 6.18. The molecule has 0 bridgehead atoms. The van der Waals surface area contributed by atoms with E-state index in [0.717, 1.165) is 11.8 Å². The van der Waals surface area contributed by atoms with Gasteiger partial charge in [0.05, 0.1) is 0 Å². The van der Waals surface area contributed by atoms with Gasteiger partial charge in [-0.25, -0.2) is 0 Å². The molecule has 0 amide bonds. The molecular formula is C19H41N. The molecule has 0 saturated carbocycles. The molecule has 0 aromatic carbocycles. The fourth-order valence-electron chi connectivity index (χ4n) is 2.90. The summed E-state index contributed by atoms with van der Waals surface area (Å²) in [6.07, 6.45) is 15.4. The van der Waals surface area contributed by atoms with Gasteiger partial charge in [-0.15, -0.1) is 0 Å². The highest BCUT2D eigenvalue weighted by atomic mass is 14.8. The molecular weight excluding hydrogens is 242 g/mol. The lowest BCUT2D eigenvalue weighted by molar-refractivity contribution is 0.395. The number of rotatable bonds is 15. The molecule has 0 fully saturated rings. The molecule has 1 N–H and O–H groups in total. The van der Waals surface area contributed by atoms with Crippen molar-refractivity contribution < 1.29 is 0 Å². The molecule has 0 aliphatic heterocycles. The Kier molecular flexibility index (Phi) is 15.3. The second-order valence-corrected chi connectivity index (χ2v) is 6.95. The molecule has 0 aliphatic carbocycles. The summed E-state index contributed by atoms with van der Waals surface area (Å²) in [5.74, 6) is 1.80. The molecule has 0 aliphatic rings. The Morgan fingerprint density at radius 2 is 1.40 bits per heavy atom. The first kappa shape index (κ1) is 20.0. The number of unbranched alkanes of at least 4 members (excludes halogenated alkanes) is 5. The lowest BCUT2D eigenvalue weighted by Gasteiger charge is -2.16. The van der Waals surface area contributed by atoms with Crippen LogP contribution < -0.4 is 5.32 Å². The van der Waals surface area contributed by atoms with Crippen molar-refractivity contribution in [2.45, 2.75) is 98.3 Å². The molecule has 1 atom stereocenters. The highest BCUT2D eigenvalue weighted by Gasteiger charge is 2.06. The van der Waals surface area contributed by atoms with Crippen LogP contribution in [0.25, 0.3) is 0 Å². The van der Waals surface area contributed by atoms with Crippen molar-refractivity contribution in [2.24, 2.45) is 11.8 Å². The summed E-state index contributed by atoms with van der Waals surface area (Å²) in [5, 5.41) is 3.70. The van der Waals surface area contributed by atoms with Crippen molar-refractivity contribution in [3.8, 4) is 0 Å². The number of hydrogen-bond acceptors (Lipinski definition) is 1. The zero-order valence-electron chi connectivity index (χ0n) is 14.8. The highest BCUT2D eigenvalue weighted by molar-refractivity contribution is 4.63. The Bertz CT molecular complexity index is 177. The van der Waals surface area contributed by atoms with Gasteiger partial charge in [0.25, 0.3) is 0 Å². The van der Waals surface area contributed by atoms with E-state index in [0.29, 0.717) is 0 Å². The van der Waals surface area contributed by atoms with Crippen LogP contribution in [0.15, 0.2) is 0 Å². The van der Waals surface area contributed by atoms with E-state index in [9.17, 15) is 0 Å². The van der Waals surface area contributed by atoms with Gasteiger partial charge in [-0.2, -0.15) is 0 Å². The van der Waals surface area contributed by atoms with Crippen LogP contribution in [-0.4, -0.2) is 13.1 Å². The monoisotopic (exact) mass is 283 g/mol. The van der Waals surface area contributed by atoms with Crippen molar-refractivity contribution >= 4 is 0 Å². The maximum absolute atomic E-state index is 3.70. The van der Waals surface area contributed by atoms with Crippen LogP contribution in [0, 0.1) is 11.8 Å². The number of nitrogens with one attached hydrogen (secondary N) is 1. The average Bonchev–Trinajstić information content (AvgIpc) is 2.41. The maximum atomic E-state index is 3.70. The number of hydrogen-bond donors (Lipinski definition) is 1. The van der Waals surface area contributed by atoms with E-state index in [1.165, 1.54) is 83.7 Å². The van der Waals surface area contributed by atoms with Gasteiger partial charge in [-0.05, 0) is 44.2 Å². The molecule has 1 unspecified atom stereocenters. The standard InChI is InChI=1S/C19H41N/c1-5-7-10-15-19(13-6-2)17-20-16-12-9-8-11-14-18(3)4/h18-20H,5-17H2,1-4H3. The van der Waals surface area contributed by atoms with E-state index in [4.69, 9.17) is 0 Å². The van der Waals surface area contributed by atoms with Gasteiger partial charge >= 0.3 is 0 Å². The second kappa shape index (κ2) is 15.4. The third-order valence-electron chi connectivity index (χ3n) is 4.23. The van der Waals surface area contributed by atoms with E-state index in [1.54, 1.807) is 0 Å². The third-order valence-corrected chi connectivity index (χ3v) is 4.23. The van der Waals surface area contributed by atoms with Crippen LogP contribution in [-0.2, 0) is 0 Å². The Morgan fingerprint density at radius 3 is 2.05 bits per heavy atom. The van der Waals surface area contributed by atoms with Gasteiger partial charge in [0, 0.05) is 0 Å². The molecule has 20 heavy (non-hydrogen) atoms. The summed E-state index contributed by atoms with van der Waals surface area (Å²) in [4.78, 5) is 0.